The average Bonchev–Trinajstić information content (AvgIpc) is 2.85. The molecule has 0 aliphatic rings. The Hall–Kier alpha value is -4.07. The molecular formula is C30H37N3O5. The van der Waals surface area contributed by atoms with Gasteiger partial charge in [-0.15, -0.1) is 0 Å². The van der Waals surface area contributed by atoms with E-state index in [1.165, 1.54) is 17.0 Å². The zero-order chi connectivity index (χ0) is 28.0. The van der Waals surface area contributed by atoms with E-state index in [0.717, 1.165) is 10.8 Å². The number of phenols is 1. The van der Waals surface area contributed by atoms with Gasteiger partial charge in [-0.25, -0.2) is 4.79 Å². The minimum absolute atomic E-state index is 0.0452. The van der Waals surface area contributed by atoms with E-state index < -0.39 is 35.6 Å². The molecule has 3 aromatic carbocycles. The molecule has 0 aromatic heterocycles. The lowest BCUT2D eigenvalue weighted by Crippen LogP contribution is -2.53. The molecule has 8 heteroatoms. The first-order valence-corrected chi connectivity index (χ1v) is 12.8. The van der Waals surface area contributed by atoms with E-state index in [2.05, 4.69) is 10.6 Å². The van der Waals surface area contributed by atoms with Crippen LogP contribution in [0.25, 0.3) is 10.8 Å². The lowest BCUT2D eigenvalue weighted by molar-refractivity contribution is -0.143. The molecule has 0 radical (unpaired) electrons. The fourth-order valence-corrected chi connectivity index (χ4v) is 4.14. The molecule has 3 atom stereocenters. The lowest BCUT2D eigenvalue weighted by atomic mass is 9.99. The van der Waals surface area contributed by atoms with E-state index in [1.807, 2.05) is 56.3 Å². The highest BCUT2D eigenvalue weighted by atomic mass is 16.6. The van der Waals surface area contributed by atoms with Gasteiger partial charge in [-0.05, 0) is 81.6 Å². The van der Waals surface area contributed by atoms with E-state index in [-0.39, 0.29) is 11.8 Å². The van der Waals surface area contributed by atoms with Crippen molar-refractivity contribution in [3.63, 3.8) is 0 Å². The molecule has 38 heavy (non-hydrogen) atoms. The molecule has 0 aliphatic carbocycles. The summed E-state index contributed by atoms with van der Waals surface area (Å²) in [4.78, 5) is 41.5. The standard InChI is InChI=1S/C30H37N3O5/c1-7-19(2)33(28(36)20(3)31-29(37)38-30(4,5)6)26(22-13-16-25(34)17-14-22)27(35)32-24-15-12-21-10-8-9-11-23(21)18-24/h8-20,26,34H,7H2,1-6H3,(H,31,37)(H,32,35). The Morgan fingerprint density at radius 3 is 2.18 bits per heavy atom. The zero-order valence-corrected chi connectivity index (χ0v) is 22.8. The summed E-state index contributed by atoms with van der Waals surface area (Å²) in [5, 5.41) is 17.4. The Kier molecular flexibility index (Phi) is 8.99. The summed E-state index contributed by atoms with van der Waals surface area (Å²) in [6, 6.07) is 17.3. The van der Waals surface area contributed by atoms with Crippen LogP contribution in [0.1, 0.15) is 59.6 Å². The van der Waals surface area contributed by atoms with Gasteiger partial charge in [0.2, 0.25) is 5.91 Å². The average molecular weight is 520 g/mol. The first-order valence-electron chi connectivity index (χ1n) is 12.8. The smallest absolute Gasteiger partial charge is 0.408 e. The van der Waals surface area contributed by atoms with Gasteiger partial charge in [0.05, 0.1) is 0 Å². The molecule has 202 valence electrons. The predicted molar refractivity (Wildman–Crippen MR) is 149 cm³/mol. The Morgan fingerprint density at radius 1 is 0.947 bits per heavy atom. The third-order valence-electron chi connectivity index (χ3n) is 6.18. The largest absolute Gasteiger partial charge is 0.508 e. The van der Waals surface area contributed by atoms with Crippen LogP contribution in [-0.4, -0.2) is 45.6 Å². The van der Waals surface area contributed by atoms with Crippen molar-refractivity contribution in [3.8, 4) is 5.75 Å². The predicted octanol–water partition coefficient (Wildman–Crippen LogP) is 5.77. The van der Waals surface area contributed by atoms with Gasteiger partial charge in [0.25, 0.3) is 5.91 Å². The Labute approximate surface area is 224 Å². The number of hydrogen-bond donors (Lipinski definition) is 3. The highest BCUT2D eigenvalue weighted by Gasteiger charge is 2.37. The summed E-state index contributed by atoms with van der Waals surface area (Å²) in [6.45, 7) is 10.6. The van der Waals surface area contributed by atoms with Crippen molar-refractivity contribution in [1.29, 1.82) is 0 Å². The highest BCUT2D eigenvalue weighted by Crippen LogP contribution is 2.29. The molecule has 0 heterocycles. The topological polar surface area (TPSA) is 108 Å². The third-order valence-corrected chi connectivity index (χ3v) is 6.18. The molecule has 0 saturated carbocycles. The number of hydrogen-bond acceptors (Lipinski definition) is 5. The summed E-state index contributed by atoms with van der Waals surface area (Å²) < 4.78 is 5.32. The van der Waals surface area contributed by atoms with Crippen LogP contribution in [0.4, 0.5) is 10.5 Å². The number of benzene rings is 3. The fraction of sp³-hybridized carbons (Fsp3) is 0.367. The second kappa shape index (κ2) is 12.0. The molecule has 0 bridgehead atoms. The summed E-state index contributed by atoms with van der Waals surface area (Å²) in [7, 11) is 0. The van der Waals surface area contributed by atoms with Crippen LogP contribution in [-0.2, 0) is 14.3 Å². The number of ether oxygens (including phenoxy) is 1. The Balaban J connectivity index is 1.97. The molecule has 3 rings (SSSR count). The van der Waals surface area contributed by atoms with E-state index in [9.17, 15) is 19.5 Å². The van der Waals surface area contributed by atoms with Gasteiger partial charge in [0.15, 0.2) is 0 Å². The van der Waals surface area contributed by atoms with Crippen LogP contribution in [0.15, 0.2) is 66.7 Å². The van der Waals surface area contributed by atoms with Crippen LogP contribution in [0.3, 0.4) is 0 Å². The van der Waals surface area contributed by atoms with Gasteiger partial charge in [-0.3, -0.25) is 9.59 Å². The number of nitrogens with zero attached hydrogens (tertiary/aromatic N) is 1. The van der Waals surface area contributed by atoms with E-state index in [0.29, 0.717) is 17.7 Å². The molecule has 0 fully saturated rings. The van der Waals surface area contributed by atoms with Gasteiger partial charge < -0.3 is 25.4 Å². The second-order valence-electron chi connectivity index (χ2n) is 10.4. The zero-order valence-electron chi connectivity index (χ0n) is 22.8. The van der Waals surface area contributed by atoms with Gasteiger partial charge in [0.1, 0.15) is 23.4 Å². The molecule has 8 nitrogen and oxygen atoms in total. The van der Waals surface area contributed by atoms with Crippen molar-refractivity contribution < 1.29 is 24.2 Å². The van der Waals surface area contributed by atoms with Crippen molar-refractivity contribution in [2.24, 2.45) is 0 Å². The molecule has 3 unspecified atom stereocenters. The fourth-order valence-electron chi connectivity index (χ4n) is 4.14. The summed E-state index contributed by atoms with van der Waals surface area (Å²) in [5.74, 6) is -0.801. The van der Waals surface area contributed by atoms with Crippen molar-refractivity contribution in [3.05, 3.63) is 72.3 Å². The van der Waals surface area contributed by atoms with Crippen LogP contribution in [0.2, 0.25) is 0 Å². The van der Waals surface area contributed by atoms with E-state index in [4.69, 9.17) is 4.74 Å². The molecule has 3 N–H and O–H groups in total. The summed E-state index contributed by atoms with van der Waals surface area (Å²) >= 11 is 0. The quantitative estimate of drug-likeness (QED) is 0.350. The maximum Gasteiger partial charge on any atom is 0.408 e. The lowest BCUT2D eigenvalue weighted by Gasteiger charge is -2.37. The van der Waals surface area contributed by atoms with Gasteiger partial charge in [0, 0.05) is 11.7 Å². The second-order valence-corrected chi connectivity index (χ2v) is 10.4. The van der Waals surface area contributed by atoms with Crippen molar-refractivity contribution in [2.75, 3.05) is 5.32 Å². The monoisotopic (exact) mass is 519 g/mol. The molecule has 3 amide bonds. The number of fused-ring (bicyclic) bond motifs is 1. The number of aromatic hydroxyl groups is 1. The number of rotatable bonds is 8. The van der Waals surface area contributed by atoms with Gasteiger partial charge in [-0.2, -0.15) is 0 Å². The normalized spacial score (nSPS) is 13.7. The molecule has 3 aromatic rings. The first kappa shape index (κ1) is 28.5. The van der Waals surface area contributed by atoms with Crippen LogP contribution in [0.5, 0.6) is 5.75 Å². The Morgan fingerprint density at radius 2 is 1.58 bits per heavy atom. The van der Waals surface area contributed by atoms with Gasteiger partial charge in [-0.1, -0.05) is 49.4 Å². The number of carbonyl (C=O) groups is 3. The molecular weight excluding hydrogens is 482 g/mol. The molecule has 0 spiro atoms. The molecule has 0 aliphatic heterocycles. The van der Waals surface area contributed by atoms with E-state index >= 15 is 0 Å². The van der Waals surface area contributed by atoms with Crippen LogP contribution < -0.4 is 10.6 Å². The molecule has 0 saturated heterocycles. The number of alkyl carbamates (subject to hydrolysis) is 1. The number of carbonyl (C=O) groups excluding carboxylic acids is 3. The summed E-state index contributed by atoms with van der Waals surface area (Å²) in [5.41, 5.74) is 0.394. The van der Waals surface area contributed by atoms with E-state index in [1.54, 1.807) is 39.8 Å². The number of phenolic OH excluding ortho intramolecular Hbond substituents is 1. The number of amides is 3. The first-order chi connectivity index (χ1) is 17.9. The maximum absolute atomic E-state index is 13.9. The van der Waals surface area contributed by atoms with Gasteiger partial charge >= 0.3 is 6.09 Å². The number of nitrogens with one attached hydrogen (secondary N) is 2. The maximum atomic E-state index is 13.9. The van der Waals surface area contributed by atoms with Crippen molar-refractivity contribution in [2.45, 2.75) is 71.7 Å². The van der Waals surface area contributed by atoms with Crippen LogP contribution >= 0.6 is 0 Å². The van der Waals surface area contributed by atoms with Crippen molar-refractivity contribution >= 4 is 34.4 Å². The number of anilines is 1. The Bertz CT molecular complexity index is 1280. The minimum atomic E-state index is -1.02. The van der Waals surface area contributed by atoms with Crippen LogP contribution in [0, 0.1) is 0 Å². The van der Waals surface area contributed by atoms with Crippen molar-refractivity contribution in [1.82, 2.24) is 10.2 Å². The SMILES string of the molecule is CCC(C)N(C(=O)C(C)NC(=O)OC(C)(C)C)C(C(=O)Nc1ccc2ccccc2c1)c1ccc(O)cc1. The minimum Gasteiger partial charge on any atom is -0.508 e. The summed E-state index contributed by atoms with van der Waals surface area (Å²) in [6.07, 6.45) is -0.146. The third kappa shape index (κ3) is 7.25. The highest BCUT2D eigenvalue weighted by molar-refractivity contribution is 6.00.